The van der Waals surface area contributed by atoms with E-state index in [1.165, 1.54) is 7.11 Å². The predicted molar refractivity (Wildman–Crippen MR) is 109 cm³/mol. The van der Waals surface area contributed by atoms with Crippen LogP contribution in [0.5, 0.6) is 5.75 Å². The number of carbonyl (C=O) groups is 3. The lowest BCUT2D eigenvalue weighted by Crippen LogP contribution is -2.23. The lowest BCUT2D eigenvalue weighted by molar-refractivity contribution is -0.143. The van der Waals surface area contributed by atoms with E-state index in [-0.39, 0.29) is 36.7 Å². The molecule has 0 aromatic heterocycles. The third-order valence-electron chi connectivity index (χ3n) is 4.97. The molecule has 170 valence electrons. The molecule has 31 heavy (non-hydrogen) atoms. The number of ether oxygens (including phenoxy) is 3. The maximum absolute atomic E-state index is 12.9. The van der Waals surface area contributed by atoms with Gasteiger partial charge in [0.05, 0.1) is 25.0 Å². The Morgan fingerprint density at radius 2 is 2.00 bits per heavy atom. The number of hydrogen-bond acceptors (Lipinski definition) is 6. The smallest absolute Gasteiger partial charge is 0.341 e. The summed E-state index contributed by atoms with van der Waals surface area (Å²) in [6.45, 7) is 5.82. The van der Waals surface area contributed by atoms with Crippen LogP contribution in [0.3, 0.4) is 0 Å². The van der Waals surface area contributed by atoms with Gasteiger partial charge in [-0.15, -0.1) is 0 Å². The second-order valence-corrected chi connectivity index (χ2v) is 7.21. The summed E-state index contributed by atoms with van der Waals surface area (Å²) in [5, 5.41) is 2.17. The Kier molecular flexibility index (Phi) is 8.53. The molecule has 0 atom stereocenters. The minimum Gasteiger partial charge on any atom is -0.496 e. The third kappa shape index (κ3) is 5.80. The highest BCUT2D eigenvalue weighted by atomic mass is 19.3. The van der Waals surface area contributed by atoms with Crippen molar-refractivity contribution >= 4 is 23.5 Å². The van der Waals surface area contributed by atoms with E-state index in [4.69, 9.17) is 14.2 Å². The van der Waals surface area contributed by atoms with Crippen LogP contribution in [0.1, 0.15) is 60.2 Å². The Bertz CT molecular complexity index is 895. The van der Waals surface area contributed by atoms with Gasteiger partial charge >= 0.3 is 18.4 Å². The van der Waals surface area contributed by atoms with Crippen molar-refractivity contribution in [1.29, 1.82) is 0 Å². The number of halogens is 2. The van der Waals surface area contributed by atoms with E-state index in [0.29, 0.717) is 35.5 Å². The Hall–Kier alpha value is -2.97. The molecular formula is C22H27F2NO6. The molecular weight excluding hydrogens is 412 g/mol. The molecule has 1 heterocycles. The maximum Gasteiger partial charge on any atom is 0.341 e. The van der Waals surface area contributed by atoms with Crippen LogP contribution < -0.4 is 10.1 Å². The molecule has 2 rings (SSSR count). The van der Waals surface area contributed by atoms with Gasteiger partial charge in [-0.05, 0) is 38.7 Å². The molecule has 0 bridgehead atoms. The van der Waals surface area contributed by atoms with Crippen molar-refractivity contribution < 1.29 is 37.4 Å². The summed E-state index contributed by atoms with van der Waals surface area (Å²) in [6, 6.07) is 0. The number of benzene rings is 1. The van der Waals surface area contributed by atoms with E-state index >= 15 is 0 Å². The lowest BCUT2D eigenvalue weighted by Gasteiger charge is -2.19. The molecule has 0 radical (unpaired) electrons. The molecule has 0 saturated heterocycles. The number of fused-ring (bicyclic) bond motifs is 1. The first-order valence-corrected chi connectivity index (χ1v) is 10.0. The van der Waals surface area contributed by atoms with Crippen LogP contribution in [0.2, 0.25) is 0 Å². The van der Waals surface area contributed by atoms with Gasteiger partial charge in [-0.1, -0.05) is 18.6 Å². The fraction of sp³-hybridized carbons (Fsp3) is 0.500. The van der Waals surface area contributed by atoms with Gasteiger partial charge < -0.3 is 19.5 Å². The van der Waals surface area contributed by atoms with Crippen molar-refractivity contribution in [3.63, 3.8) is 0 Å². The highest BCUT2D eigenvalue weighted by molar-refractivity contribution is 6.06. The molecule has 1 aliphatic heterocycles. The number of hydrogen-bond donors (Lipinski definition) is 1. The number of carbonyl (C=O) groups excluding carboxylic acids is 3. The summed E-state index contributed by atoms with van der Waals surface area (Å²) in [6.07, 6.45) is 0.154. The Morgan fingerprint density at radius 1 is 1.29 bits per heavy atom. The van der Waals surface area contributed by atoms with Gasteiger partial charge in [0.15, 0.2) is 0 Å². The number of nitrogens with one attached hydrogen (secondary N) is 1. The molecule has 7 nitrogen and oxygen atoms in total. The standard InChI is InChI=1S/C22H27F2NO6/c1-5-10-30-16(26)9-7-12(2)6-8-14-18(25-21(27)20(23)24)17-15(11-31-22(17)28)13(3)19(14)29-4/h6,20H,5,7-11H2,1-4H3,(H,25,27)/b12-6+. The SMILES string of the molecule is CCCOC(=O)CC/C(C)=C/Cc1c(NC(=O)C(F)F)c2c(c(C)c1OC)COC2=O. The number of alkyl halides is 2. The number of cyclic esters (lactones) is 1. The molecule has 0 saturated carbocycles. The van der Waals surface area contributed by atoms with Crippen molar-refractivity contribution in [1.82, 2.24) is 0 Å². The minimum atomic E-state index is -3.25. The predicted octanol–water partition coefficient (Wildman–Crippen LogP) is 4.10. The number of rotatable bonds is 10. The van der Waals surface area contributed by atoms with Crippen LogP contribution in [0.4, 0.5) is 14.5 Å². The van der Waals surface area contributed by atoms with E-state index in [9.17, 15) is 23.2 Å². The van der Waals surface area contributed by atoms with Gasteiger partial charge in [0.2, 0.25) is 0 Å². The van der Waals surface area contributed by atoms with Crippen molar-refractivity contribution in [2.75, 3.05) is 19.0 Å². The van der Waals surface area contributed by atoms with Crippen molar-refractivity contribution in [3.05, 3.63) is 33.9 Å². The third-order valence-corrected chi connectivity index (χ3v) is 4.97. The number of esters is 2. The van der Waals surface area contributed by atoms with E-state index < -0.39 is 18.3 Å². The first-order chi connectivity index (χ1) is 14.7. The summed E-state index contributed by atoms with van der Waals surface area (Å²) < 4.78 is 41.4. The first-order valence-electron chi connectivity index (χ1n) is 10.0. The number of methoxy groups -OCH3 is 1. The first kappa shape index (κ1) is 24.3. The molecule has 1 aliphatic rings. The normalized spacial score (nSPS) is 13.1. The summed E-state index contributed by atoms with van der Waals surface area (Å²) in [7, 11) is 1.43. The van der Waals surface area contributed by atoms with Gasteiger partial charge in [0, 0.05) is 17.5 Å². The van der Waals surface area contributed by atoms with E-state index in [1.807, 2.05) is 13.8 Å². The van der Waals surface area contributed by atoms with Crippen LogP contribution in [0.25, 0.3) is 0 Å². The molecule has 0 spiro atoms. The van der Waals surface area contributed by atoms with E-state index in [0.717, 1.165) is 12.0 Å². The number of amides is 1. The van der Waals surface area contributed by atoms with Gasteiger partial charge in [-0.3, -0.25) is 9.59 Å². The molecule has 0 aliphatic carbocycles. The quantitative estimate of drug-likeness (QED) is 0.436. The van der Waals surface area contributed by atoms with Crippen molar-refractivity contribution in [2.24, 2.45) is 0 Å². The fourth-order valence-corrected chi connectivity index (χ4v) is 3.33. The summed E-state index contributed by atoms with van der Waals surface area (Å²) in [4.78, 5) is 35.7. The summed E-state index contributed by atoms with van der Waals surface area (Å²) in [5.41, 5.74) is 2.42. The van der Waals surface area contributed by atoms with Crippen LogP contribution in [0.15, 0.2) is 11.6 Å². The lowest BCUT2D eigenvalue weighted by atomic mass is 9.93. The summed E-state index contributed by atoms with van der Waals surface area (Å²) >= 11 is 0. The second-order valence-electron chi connectivity index (χ2n) is 7.21. The molecule has 1 aromatic carbocycles. The zero-order valence-corrected chi connectivity index (χ0v) is 18.1. The Labute approximate surface area is 179 Å². The molecule has 1 amide bonds. The maximum atomic E-state index is 12.9. The highest BCUT2D eigenvalue weighted by Gasteiger charge is 2.33. The molecule has 0 fully saturated rings. The fourth-order valence-electron chi connectivity index (χ4n) is 3.33. The number of allylic oxidation sites excluding steroid dienone is 2. The van der Waals surface area contributed by atoms with Crippen LogP contribution in [0, 0.1) is 6.92 Å². The molecule has 9 heteroatoms. The zero-order valence-electron chi connectivity index (χ0n) is 18.1. The average molecular weight is 439 g/mol. The Morgan fingerprint density at radius 3 is 2.61 bits per heavy atom. The van der Waals surface area contributed by atoms with Gasteiger partial charge in [-0.25, -0.2) is 4.79 Å². The van der Waals surface area contributed by atoms with Crippen molar-refractivity contribution in [2.45, 2.75) is 59.5 Å². The largest absolute Gasteiger partial charge is 0.496 e. The summed E-state index contributed by atoms with van der Waals surface area (Å²) in [5.74, 6) is -2.12. The van der Waals surface area contributed by atoms with Gasteiger partial charge in [0.25, 0.3) is 5.91 Å². The van der Waals surface area contributed by atoms with E-state index in [2.05, 4.69) is 5.32 Å². The monoisotopic (exact) mass is 439 g/mol. The highest BCUT2D eigenvalue weighted by Crippen LogP contribution is 2.41. The van der Waals surface area contributed by atoms with E-state index in [1.54, 1.807) is 13.0 Å². The number of anilines is 1. The molecule has 0 unspecified atom stereocenters. The van der Waals surface area contributed by atoms with Crippen molar-refractivity contribution in [3.8, 4) is 5.75 Å². The second kappa shape index (κ2) is 10.9. The van der Waals surface area contributed by atoms with Gasteiger partial charge in [0.1, 0.15) is 12.4 Å². The molecule has 1 N–H and O–H groups in total. The van der Waals surface area contributed by atoms with Crippen LogP contribution in [-0.4, -0.2) is 38.0 Å². The Balaban J connectivity index is 2.37. The topological polar surface area (TPSA) is 90.9 Å². The van der Waals surface area contributed by atoms with Gasteiger partial charge in [-0.2, -0.15) is 8.78 Å². The van der Waals surface area contributed by atoms with Crippen LogP contribution >= 0.6 is 0 Å². The zero-order chi connectivity index (χ0) is 23.1. The minimum absolute atomic E-state index is 0.0249. The average Bonchev–Trinajstić information content (AvgIpc) is 3.12. The molecule has 1 aromatic rings. The van der Waals surface area contributed by atoms with Crippen LogP contribution in [-0.2, 0) is 32.1 Å².